The van der Waals surface area contributed by atoms with Gasteiger partial charge in [0.2, 0.25) is 0 Å². The molecule has 5 heterocycles. The molecule has 0 saturated heterocycles. The Labute approximate surface area is 179 Å². The quantitative estimate of drug-likeness (QED) is 0.404. The van der Waals surface area contributed by atoms with Gasteiger partial charge in [0.1, 0.15) is 5.75 Å². The van der Waals surface area contributed by atoms with Crippen molar-refractivity contribution < 1.29 is 5.11 Å². The van der Waals surface area contributed by atoms with Gasteiger partial charge in [-0.2, -0.15) is 0 Å². The molecule has 1 aromatic carbocycles. The van der Waals surface area contributed by atoms with Gasteiger partial charge in [-0.25, -0.2) is 0 Å². The summed E-state index contributed by atoms with van der Waals surface area (Å²) < 4.78 is 0. The molecular weight excluding hydrogens is 384 g/mol. The van der Waals surface area contributed by atoms with Gasteiger partial charge >= 0.3 is 0 Å². The Morgan fingerprint density at radius 3 is 2.03 bits per heavy atom. The highest BCUT2D eigenvalue weighted by atomic mass is 16.3. The van der Waals surface area contributed by atoms with Crippen LogP contribution in [0.15, 0.2) is 66.7 Å². The van der Waals surface area contributed by atoms with Crippen molar-refractivity contribution in [2.24, 2.45) is 0 Å². The normalized spacial score (nSPS) is 13.4. The summed E-state index contributed by atoms with van der Waals surface area (Å²) in [5.41, 5.74) is 10.4. The van der Waals surface area contributed by atoms with E-state index in [1.54, 1.807) is 12.1 Å². The molecule has 8 bridgehead atoms. The maximum Gasteiger partial charge on any atom is 0.116 e. The van der Waals surface area contributed by atoms with Crippen molar-refractivity contribution in [2.75, 3.05) is 0 Å². The Morgan fingerprint density at radius 2 is 1.29 bits per heavy atom. The van der Waals surface area contributed by atoms with Gasteiger partial charge < -0.3 is 15.1 Å². The zero-order chi connectivity index (χ0) is 20.8. The van der Waals surface area contributed by atoms with Crippen molar-refractivity contribution in [3.05, 3.63) is 89.5 Å². The first kappa shape index (κ1) is 18.0. The highest BCUT2D eigenvalue weighted by Gasteiger charge is 2.15. The van der Waals surface area contributed by atoms with E-state index in [9.17, 15) is 5.11 Å². The van der Waals surface area contributed by atoms with Crippen LogP contribution in [0.25, 0.3) is 33.2 Å². The van der Waals surface area contributed by atoms with E-state index < -0.39 is 0 Å². The van der Waals surface area contributed by atoms with E-state index in [1.165, 1.54) is 0 Å². The van der Waals surface area contributed by atoms with Crippen molar-refractivity contribution in [1.29, 1.82) is 0 Å². The molecule has 0 aliphatic carbocycles. The second-order valence-electron chi connectivity index (χ2n) is 8.20. The number of fused-ring (bicyclic) bond motifs is 8. The van der Waals surface area contributed by atoms with Crippen molar-refractivity contribution in [3.8, 4) is 16.9 Å². The van der Waals surface area contributed by atoms with Gasteiger partial charge in [-0.3, -0.25) is 9.97 Å². The molecule has 0 spiro atoms. The molecule has 3 aromatic heterocycles. The lowest BCUT2D eigenvalue weighted by molar-refractivity contribution is 0.475. The van der Waals surface area contributed by atoms with Gasteiger partial charge in [0.25, 0.3) is 0 Å². The van der Waals surface area contributed by atoms with Crippen molar-refractivity contribution in [3.63, 3.8) is 0 Å². The minimum Gasteiger partial charge on any atom is -0.508 e. The maximum absolute atomic E-state index is 10.1. The van der Waals surface area contributed by atoms with Crippen molar-refractivity contribution in [2.45, 2.75) is 25.7 Å². The Kier molecular flexibility index (Phi) is 4.13. The number of aromatic hydroxyl groups is 1. The summed E-state index contributed by atoms with van der Waals surface area (Å²) in [6.45, 7) is 0. The fourth-order valence-electron chi connectivity index (χ4n) is 4.50. The molecule has 0 radical (unpaired) electrons. The highest BCUT2D eigenvalue weighted by Crippen LogP contribution is 2.31. The minimum atomic E-state index is 0.253. The van der Waals surface area contributed by atoms with Crippen LogP contribution in [0.4, 0.5) is 0 Å². The number of aryl methyl sites for hydroxylation is 4. The van der Waals surface area contributed by atoms with Crippen LogP contribution < -0.4 is 0 Å². The van der Waals surface area contributed by atoms with Gasteiger partial charge in [0.05, 0.1) is 5.69 Å². The third kappa shape index (κ3) is 3.48. The lowest BCUT2D eigenvalue weighted by atomic mass is 10.0. The standard InChI is InChI=1S/C26H22N4O/c31-23-3-1-2-16(12-23)26-24-10-8-21(29-24)14-19-6-4-17(27-19)13-18-5-7-20(28-18)15-22-9-11-25(26)30-22/h1-4,6,9,11-15,27,30-31H,5,7-8,10H2. The molecule has 3 N–H and O–H groups in total. The molecule has 0 fully saturated rings. The van der Waals surface area contributed by atoms with Gasteiger partial charge in [-0.05, 0) is 85.8 Å². The van der Waals surface area contributed by atoms with Gasteiger partial charge in [-0.1, -0.05) is 12.1 Å². The molecule has 6 rings (SSSR count). The van der Waals surface area contributed by atoms with Crippen LogP contribution in [0.1, 0.15) is 22.8 Å². The average Bonchev–Trinajstić information content (AvgIpc) is 3.53. The molecule has 2 aliphatic heterocycles. The predicted octanol–water partition coefficient (Wildman–Crippen LogP) is 5.26. The molecule has 152 valence electrons. The third-order valence-corrected chi connectivity index (χ3v) is 5.92. The van der Waals surface area contributed by atoms with Crippen molar-refractivity contribution in [1.82, 2.24) is 19.9 Å². The summed E-state index contributed by atoms with van der Waals surface area (Å²) in [7, 11) is 0. The second kappa shape index (κ2) is 7.13. The van der Waals surface area contributed by atoms with Crippen LogP contribution in [0, 0.1) is 0 Å². The Bertz CT molecular complexity index is 1460. The largest absolute Gasteiger partial charge is 0.508 e. The Balaban J connectivity index is 1.70. The molecule has 2 aliphatic rings. The maximum atomic E-state index is 10.1. The summed E-state index contributed by atoms with van der Waals surface area (Å²) >= 11 is 0. The van der Waals surface area contributed by atoms with Crippen LogP contribution in [0.2, 0.25) is 0 Å². The number of nitrogens with one attached hydrogen (secondary N) is 2. The molecule has 0 unspecified atom stereocenters. The van der Waals surface area contributed by atoms with Crippen LogP contribution in [0.3, 0.4) is 0 Å². The van der Waals surface area contributed by atoms with E-state index in [1.807, 2.05) is 12.1 Å². The summed E-state index contributed by atoms with van der Waals surface area (Å²) in [5.74, 6) is 0.253. The van der Waals surface area contributed by atoms with Gasteiger partial charge in [-0.15, -0.1) is 0 Å². The highest BCUT2D eigenvalue weighted by molar-refractivity contribution is 5.84. The first-order valence-corrected chi connectivity index (χ1v) is 10.7. The Morgan fingerprint density at radius 1 is 0.645 bits per heavy atom. The number of rotatable bonds is 1. The van der Waals surface area contributed by atoms with E-state index in [-0.39, 0.29) is 5.75 Å². The van der Waals surface area contributed by atoms with E-state index in [2.05, 4.69) is 52.4 Å². The van der Waals surface area contributed by atoms with E-state index in [0.717, 1.165) is 81.7 Å². The number of benzene rings is 1. The Hall–Kier alpha value is -3.86. The lowest BCUT2D eigenvalue weighted by Crippen LogP contribution is -1.88. The van der Waals surface area contributed by atoms with Gasteiger partial charge in [0.15, 0.2) is 0 Å². The molecule has 31 heavy (non-hydrogen) atoms. The van der Waals surface area contributed by atoms with E-state index >= 15 is 0 Å². The number of aromatic amines is 2. The number of hydrogen-bond acceptors (Lipinski definition) is 3. The monoisotopic (exact) mass is 406 g/mol. The lowest BCUT2D eigenvalue weighted by Gasteiger charge is -2.05. The summed E-state index contributed by atoms with van der Waals surface area (Å²) in [5, 5.41) is 10.1. The first-order valence-electron chi connectivity index (χ1n) is 10.7. The predicted molar refractivity (Wildman–Crippen MR) is 123 cm³/mol. The third-order valence-electron chi connectivity index (χ3n) is 5.92. The fraction of sp³-hybridized carbons (Fsp3) is 0.154. The van der Waals surface area contributed by atoms with Gasteiger partial charge in [0, 0.05) is 44.7 Å². The molecular formula is C26H22N4O. The number of hydrogen-bond donors (Lipinski definition) is 3. The zero-order valence-electron chi connectivity index (χ0n) is 17.0. The molecule has 5 nitrogen and oxygen atoms in total. The number of phenolic OH excluding ortho intramolecular Hbond substituents is 1. The van der Waals surface area contributed by atoms with Crippen LogP contribution >= 0.6 is 0 Å². The summed E-state index contributed by atoms with van der Waals surface area (Å²) in [6.07, 6.45) is 3.63. The van der Waals surface area contributed by atoms with Crippen LogP contribution in [-0.4, -0.2) is 25.0 Å². The van der Waals surface area contributed by atoms with Crippen LogP contribution in [-0.2, 0) is 25.7 Å². The van der Waals surface area contributed by atoms with Crippen LogP contribution in [0.5, 0.6) is 5.75 Å². The molecule has 0 amide bonds. The number of nitrogens with zero attached hydrogens (tertiary/aromatic N) is 2. The molecule has 5 heteroatoms. The number of aromatic nitrogens is 4. The number of H-pyrrole nitrogens is 2. The molecule has 0 atom stereocenters. The first-order chi connectivity index (χ1) is 15.2. The summed E-state index contributed by atoms with van der Waals surface area (Å²) in [6, 6.07) is 22.1. The fourth-order valence-corrected chi connectivity index (χ4v) is 4.50. The van der Waals surface area contributed by atoms with E-state index in [0.29, 0.717) is 0 Å². The number of phenols is 1. The smallest absolute Gasteiger partial charge is 0.116 e. The minimum absolute atomic E-state index is 0.253. The molecule has 0 saturated carbocycles. The molecule has 4 aromatic rings. The summed E-state index contributed by atoms with van der Waals surface area (Å²) in [4.78, 5) is 16.8. The van der Waals surface area contributed by atoms with E-state index in [4.69, 9.17) is 9.97 Å². The topological polar surface area (TPSA) is 77.6 Å². The average molecular weight is 406 g/mol. The zero-order valence-corrected chi connectivity index (χ0v) is 17.0. The SMILES string of the molecule is Oc1cccc(-c2c3nc(cc4ccc(cc5nc(cc6ccc2[nH]6)CC5)[nH]4)CC3)c1. The van der Waals surface area contributed by atoms with Crippen molar-refractivity contribution >= 4 is 22.1 Å². The second-order valence-corrected chi connectivity index (χ2v) is 8.20.